The predicted octanol–water partition coefficient (Wildman–Crippen LogP) is 4.44. The average molecular weight is 362 g/mol. The summed E-state index contributed by atoms with van der Waals surface area (Å²) in [6.45, 7) is 7.38. The Morgan fingerprint density at radius 3 is 2.33 bits per heavy atom. The van der Waals surface area contributed by atoms with E-state index in [1.807, 2.05) is 39.0 Å². The molecule has 0 radical (unpaired) electrons. The quantitative estimate of drug-likeness (QED) is 0.745. The lowest BCUT2D eigenvalue weighted by Gasteiger charge is -2.12. The Hall–Kier alpha value is -2.12. The maximum atomic E-state index is 12.8. The van der Waals surface area contributed by atoms with Gasteiger partial charge in [-0.15, -0.1) is 11.3 Å². The third-order valence-electron chi connectivity index (χ3n) is 3.75. The molecule has 0 aliphatic heterocycles. The van der Waals surface area contributed by atoms with Crippen LogP contribution in [0, 0.1) is 27.7 Å². The minimum absolute atomic E-state index is 0.263. The molecule has 7 heteroatoms. The average Bonchev–Trinajstić information content (AvgIpc) is 3.09. The number of nitrogens with one attached hydrogen (secondary N) is 1. The van der Waals surface area contributed by atoms with E-state index in [2.05, 4.69) is 9.88 Å². The number of hydrogen-bond donors (Lipinski definition) is 1. The molecule has 0 atom stereocenters. The van der Waals surface area contributed by atoms with E-state index in [0.29, 0.717) is 16.3 Å². The van der Waals surface area contributed by atoms with Gasteiger partial charge in [-0.1, -0.05) is 23.4 Å². The van der Waals surface area contributed by atoms with Crippen LogP contribution in [-0.2, 0) is 10.0 Å². The molecule has 3 aromatic rings. The third-order valence-corrected chi connectivity index (χ3v) is 6.42. The molecule has 0 saturated carbocycles. The topological polar surface area (TPSA) is 72.2 Å². The van der Waals surface area contributed by atoms with Gasteiger partial charge in [0.15, 0.2) is 5.76 Å². The Morgan fingerprint density at radius 2 is 1.75 bits per heavy atom. The van der Waals surface area contributed by atoms with Crippen LogP contribution >= 0.6 is 11.3 Å². The van der Waals surface area contributed by atoms with Crippen LogP contribution in [0.2, 0.25) is 0 Å². The molecule has 0 aliphatic rings. The first-order chi connectivity index (χ1) is 11.3. The highest BCUT2D eigenvalue weighted by Gasteiger charge is 2.23. The zero-order valence-electron chi connectivity index (χ0n) is 13.9. The Bertz CT molecular complexity index is 981. The smallest absolute Gasteiger partial charge is 0.263 e. The zero-order chi connectivity index (χ0) is 17.5. The Labute approximate surface area is 145 Å². The van der Waals surface area contributed by atoms with Gasteiger partial charge in [0.25, 0.3) is 10.0 Å². The fourth-order valence-corrected chi connectivity index (χ4v) is 5.24. The molecule has 2 aromatic heterocycles. The van der Waals surface area contributed by atoms with Crippen molar-refractivity contribution in [2.75, 3.05) is 4.72 Å². The number of benzene rings is 1. The molecule has 0 aliphatic carbocycles. The molecule has 1 aromatic carbocycles. The van der Waals surface area contributed by atoms with Crippen molar-refractivity contribution < 1.29 is 12.9 Å². The van der Waals surface area contributed by atoms with Crippen molar-refractivity contribution >= 4 is 27.0 Å². The number of para-hydroxylation sites is 1. The van der Waals surface area contributed by atoms with Crippen molar-refractivity contribution in [1.82, 2.24) is 5.16 Å². The van der Waals surface area contributed by atoms with Gasteiger partial charge >= 0.3 is 0 Å². The summed E-state index contributed by atoms with van der Waals surface area (Å²) in [6, 6.07) is 9.10. The van der Waals surface area contributed by atoms with E-state index < -0.39 is 10.0 Å². The first-order valence-corrected chi connectivity index (χ1v) is 9.71. The number of hydrogen-bond acceptors (Lipinski definition) is 5. The van der Waals surface area contributed by atoms with Gasteiger partial charge < -0.3 is 4.52 Å². The molecule has 5 nitrogen and oxygen atoms in total. The van der Waals surface area contributed by atoms with Crippen molar-refractivity contribution in [1.29, 1.82) is 0 Å². The van der Waals surface area contributed by atoms with E-state index in [4.69, 9.17) is 4.52 Å². The Kier molecular flexibility index (Phi) is 4.23. The lowest BCUT2D eigenvalue weighted by Crippen LogP contribution is -2.14. The summed E-state index contributed by atoms with van der Waals surface area (Å²) in [4.78, 5) is 1.71. The summed E-state index contributed by atoms with van der Waals surface area (Å²) in [5.74, 6) is 0.578. The molecule has 0 unspecified atom stereocenters. The van der Waals surface area contributed by atoms with E-state index in [0.717, 1.165) is 21.7 Å². The molecule has 2 heterocycles. The Balaban J connectivity index is 2.00. The van der Waals surface area contributed by atoms with E-state index in [1.165, 1.54) is 11.3 Å². The minimum Gasteiger partial charge on any atom is -0.355 e. The normalized spacial score (nSPS) is 11.7. The monoisotopic (exact) mass is 362 g/mol. The highest BCUT2D eigenvalue weighted by molar-refractivity contribution is 7.93. The fourth-order valence-electron chi connectivity index (χ4n) is 2.50. The molecule has 0 fully saturated rings. The summed E-state index contributed by atoms with van der Waals surface area (Å²) >= 11 is 1.37. The molecular weight excluding hydrogens is 344 g/mol. The molecule has 1 N–H and O–H groups in total. The molecule has 0 bridgehead atoms. The standard InChI is InChI=1S/C17H18N2O3S2/c1-10-6-5-7-11(2)17(10)19-24(20,21)16-9-15(23-13(16)4)14-8-12(3)18-22-14/h5-9,19H,1-4H3. The van der Waals surface area contributed by atoms with Gasteiger partial charge in [-0.3, -0.25) is 4.72 Å². The molecular formula is C17H18N2O3S2. The Morgan fingerprint density at radius 1 is 1.08 bits per heavy atom. The lowest BCUT2D eigenvalue weighted by atomic mass is 10.1. The predicted molar refractivity (Wildman–Crippen MR) is 96.0 cm³/mol. The summed E-state index contributed by atoms with van der Waals surface area (Å²) < 4.78 is 33.6. The molecule has 3 rings (SSSR count). The lowest BCUT2D eigenvalue weighted by molar-refractivity contribution is 0.428. The summed E-state index contributed by atoms with van der Waals surface area (Å²) in [5, 5.41) is 3.85. The number of aromatic nitrogens is 1. The number of rotatable bonds is 4. The van der Waals surface area contributed by atoms with Gasteiger partial charge in [0, 0.05) is 10.9 Å². The second-order valence-electron chi connectivity index (χ2n) is 5.74. The molecule has 24 heavy (non-hydrogen) atoms. The van der Waals surface area contributed by atoms with Gasteiger partial charge in [0.2, 0.25) is 0 Å². The van der Waals surface area contributed by atoms with Crippen LogP contribution in [0.3, 0.4) is 0 Å². The van der Waals surface area contributed by atoms with Crippen LogP contribution in [0.15, 0.2) is 39.8 Å². The van der Waals surface area contributed by atoms with Crippen LogP contribution in [0.1, 0.15) is 21.7 Å². The van der Waals surface area contributed by atoms with Crippen LogP contribution in [0.4, 0.5) is 5.69 Å². The number of thiophene rings is 1. The second kappa shape index (κ2) is 6.07. The van der Waals surface area contributed by atoms with Crippen LogP contribution in [0.25, 0.3) is 10.6 Å². The van der Waals surface area contributed by atoms with Crippen LogP contribution in [-0.4, -0.2) is 13.6 Å². The zero-order valence-corrected chi connectivity index (χ0v) is 15.5. The minimum atomic E-state index is -3.67. The summed E-state index contributed by atoms with van der Waals surface area (Å²) in [5.41, 5.74) is 3.16. The third kappa shape index (κ3) is 3.09. The fraction of sp³-hybridized carbons (Fsp3) is 0.235. The largest absolute Gasteiger partial charge is 0.355 e. The molecule has 126 valence electrons. The second-order valence-corrected chi connectivity index (χ2v) is 8.64. The molecule has 0 amide bonds. The highest BCUT2D eigenvalue weighted by Crippen LogP contribution is 2.35. The number of anilines is 1. The van der Waals surface area contributed by atoms with Crippen LogP contribution in [0.5, 0.6) is 0 Å². The highest BCUT2D eigenvalue weighted by atomic mass is 32.2. The van der Waals surface area contributed by atoms with E-state index in [1.54, 1.807) is 19.1 Å². The summed E-state index contributed by atoms with van der Waals surface area (Å²) in [7, 11) is -3.67. The first-order valence-electron chi connectivity index (χ1n) is 7.41. The number of sulfonamides is 1. The van der Waals surface area contributed by atoms with Gasteiger partial charge in [0.1, 0.15) is 4.90 Å². The van der Waals surface area contributed by atoms with E-state index >= 15 is 0 Å². The number of nitrogens with zero attached hydrogens (tertiary/aromatic N) is 1. The van der Waals surface area contributed by atoms with E-state index in [-0.39, 0.29) is 4.90 Å². The summed E-state index contributed by atoms with van der Waals surface area (Å²) in [6.07, 6.45) is 0. The van der Waals surface area contributed by atoms with Crippen molar-refractivity contribution in [3.05, 3.63) is 52.0 Å². The first kappa shape index (κ1) is 16.7. The number of aryl methyl sites for hydroxylation is 4. The maximum Gasteiger partial charge on any atom is 0.263 e. The van der Waals surface area contributed by atoms with E-state index in [9.17, 15) is 8.42 Å². The van der Waals surface area contributed by atoms with Gasteiger partial charge in [-0.25, -0.2) is 8.42 Å². The molecule has 0 saturated heterocycles. The maximum absolute atomic E-state index is 12.8. The van der Waals surface area contributed by atoms with Gasteiger partial charge in [0.05, 0.1) is 16.3 Å². The van der Waals surface area contributed by atoms with Gasteiger partial charge in [-0.05, 0) is 44.9 Å². The van der Waals surface area contributed by atoms with Crippen molar-refractivity contribution in [3.63, 3.8) is 0 Å². The van der Waals surface area contributed by atoms with Crippen LogP contribution < -0.4 is 4.72 Å². The van der Waals surface area contributed by atoms with Crippen molar-refractivity contribution in [2.24, 2.45) is 0 Å². The molecule has 0 spiro atoms. The van der Waals surface area contributed by atoms with Crippen molar-refractivity contribution in [3.8, 4) is 10.6 Å². The van der Waals surface area contributed by atoms with Crippen molar-refractivity contribution in [2.45, 2.75) is 32.6 Å². The van der Waals surface area contributed by atoms with Gasteiger partial charge in [-0.2, -0.15) is 0 Å². The SMILES string of the molecule is Cc1cc(-c2cc(S(=O)(=O)Nc3c(C)cccc3C)c(C)s2)on1.